The number of aliphatic hydroxyl groups excluding tert-OH is 1. The second-order valence-corrected chi connectivity index (χ2v) is 4.56. The van der Waals surface area contributed by atoms with Crippen LogP contribution in [0.1, 0.15) is 28.8 Å². The first-order valence-corrected chi connectivity index (χ1v) is 6.09. The molecule has 0 radical (unpaired) electrons. The minimum absolute atomic E-state index is 0.0528. The largest absolute Gasteiger partial charge is 0.396 e. The fraction of sp³-hybridized carbons (Fsp3) is 0.417. The van der Waals surface area contributed by atoms with Gasteiger partial charge in [0.1, 0.15) is 0 Å². The van der Waals surface area contributed by atoms with Crippen LogP contribution < -0.4 is 5.32 Å². The van der Waals surface area contributed by atoms with Crippen molar-refractivity contribution < 1.29 is 9.90 Å². The highest BCUT2D eigenvalue weighted by molar-refractivity contribution is 9.10. The first-order valence-electron chi connectivity index (χ1n) is 5.30. The van der Waals surface area contributed by atoms with Gasteiger partial charge in [0, 0.05) is 23.2 Å². The minimum atomic E-state index is -0.0528. The Morgan fingerprint density at radius 2 is 2.19 bits per heavy atom. The van der Waals surface area contributed by atoms with Crippen molar-refractivity contribution in [2.75, 3.05) is 13.2 Å². The topological polar surface area (TPSA) is 49.3 Å². The number of carbonyl (C=O) groups is 1. The Bertz CT molecular complexity index is 366. The van der Waals surface area contributed by atoms with Gasteiger partial charge in [0.25, 0.3) is 5.91 Å². The number of nitrogens with one attached hydrogen (secondary N) is 1. The molecule has 0 spiro atoms. The van der Waals surface area contributed by atoms with E-state index < -0.39 is 0 Å². The Morgan fingerprint density at radius 3 is 2.81 bits per heavy atom. The van der Waals surface area contributed by atoms with E-state index in [1.54, 1.807) is 6.07 Å². The third-order valence-corrected chi connectivity index (χ3v) is 2.80. The number of carbonyl (C=O) groups excluding carboxylic acids is 1. The minimum Gasteiger partial charge on any atom is -0.396 e. The number of rotatable bonds is 5. The number of unbranched alkanes of at least 4 members (excludes halogenated alkanes) is 1. The van der Waals surface area contributed by atoms with Crippen LogP contribution in [0.2, 0.25) is 0 Å². The van der Waals surface area contributed by atoms with Crippen molar-refractivity contribution in [2.24, 2.45) is 0 Å². The molecule has 0 aliphatic heterocycles. The number of aliphatic hydroxyl groups is 1. The summed E-state index contributed by atoms with van der Waals surface area (Å²) in [5.74, 6) is -0.0528. The van der Waals surface area contributed by atoms with E-state index in [1.165, 1.54) is 0 Å². The van der Waals surface area contributed by atoms with Gasteiger partial charge in [-0.2, -0.15) is 0 Å². The van der Waals surface area contributed by atoms with E-state index in [4.69, 9.17) is 5.11 Å². The summed E-state index contributed by atoms with van der Waals surface area (Å²) in [6.45, 7) is 2.69. The number of amides is 1. The van der Waals surface area contributed by atoms with Gasteiger partial charge >= 0.3 is 0 Å². The van der Waals surface area contributed by atoms with Crippen molar-refractivity contribution in [2.45, 2.75) is 19.8 Å². The average Bonchev–Trinajstić information content (AvgIpc) is 2.24. The van der Waals surface area contributed by atoms with Crippen molar-refractivity contribution in [1.82, 2.24) is 5.32 Å². The van der Waals surface area contributed by atoms with Crippen molar-refractivity contribution >= 4 is 21.8 Å². The van der Waals surface area contributed by atoms with Crippen LogP contribution in [0, 0.1) is 6.92 Å². The fourth-order valence-electron chi connectivity index (χ4n) is 1.42. The van der Waals surface area contributed by atoms with Gasteiger partial charge in [0.15, 0.2) is 0 Å². The molecule has 88 valence electrons. The number of halogens is 1. The van der Waals surface area contributed by atoms with E-state index in [0.717, 1.165) is 22.9 Å². The van der Waals surface area contributed by atoms with Crippen LogP contribution in [-0.4, -0.2) is 24.2 Å². The van der Waals surface area contributed by atoms with Crippen LogP contribution in [-0.2, 0) is 0 Å². The highest BCUT2D eigenvalue weighted by Crippen LogP contribution is 2.15. The van der Waals surface area contributed by atoms with Crippen molar-refractivity contribution in [1.29, 1.82) is 0 Å². The van der Waals surface area contributed by atoms with Gasteiger partial charge in [-0.3, -0.25) is 4.79 Å². The van der Waals surface area contributed by atoms with E-state index in [0.29, 0.717) is 12.1 Å². The van der Waals surface area contributed by atoms with E-state index >= 15 is 0 Å². The van der Waals surface area contributed by atoms with Crippen LogP contribution >= 0.6 is 15.9 Å². The Labute approximate surface area is 104 Å². The molecule has 1 amide bonds. The SMILES string of the molecule is Cc1cc(Br)ccc1C(=O)NCCCCO. The van der Waals surface area contributed by atoms with E-state index in [-0.39, 0.29) is 12.5 Å². The molecule has 0 saturated carbocycles. The number of benzene rings is 1. The summed E-state index contributed by atoms with van der Waals surface area (Å²) in [6.07, 6.45) is 1.53. The van der Waals surface area contributed by atoms with Crippen LogP contribution in [0.5, 0.6) is 0 Å². The molecule has 0 aliphatic carbocycles. The van der Waals surface area contributed by atoms with Crippen LogP contribution in [0.4, 0.5) is 0 Å². The maximum Gasteiger partial charge on any atom is 0.251 e. The summed E-state index contributed by atoms with van der Waals surface area (Å²) >= 11 is 3.36. The van der Waals surface area contributed by atoms with Gasteiger partial charge < -0.3 is 10.4 Å². The summed E-state index contributed by atoms with van der Waals surface area (Å²) in [6, 6.07) is 5.58. The average molecular weight is 286 g/mol. The lowest BCUT2D eigenvalue weighted by Gasteiger charge is -2.07. The molecular formula is C12H16BrNO2. The highest BCUT2D eigenvalue weighted by atomic mass is 79.9. The molecule has 0 atom stereocenters. The predicted octanol–water partition coefficient (Wildman–Crippen LogP) is 2.26. The molecule has 3 nitrogen and oxygen atoms in total. The quantitative estimate of drug-likeness (QED) is 0.816. The number of aryl methyl sites for hydroxylation is 1. The summed E-state index contributed by atoms with van der Waals surface area (Å²) < 4.78 is 0.974. The van der Waals surface area contributed by atoms with E-state index in [9.17, 15) is 4.79 Å². The Kier molecular flexibility index (Phi) is 5.49. The molecular weight excluding hydrogens is 270 g/mol. The molecule has 0 fully saturated rings. The first-order chi connectivity index (χ1) is 7.65. The fourth-order valence-corrected chi connectivity index (χ4v) is 1.89. The molecule has 1 aromatic carbocycles. The molecule has 0 aliphatic rings. The second kappa shape index (κ2) is 6.66. The summed E-state index contributed by atoms with van der Waals surface area (Å²) in [5.41, 5.74) is 1.65. The lowest BCUT2D eigenvalue weighted by atomic mass is 10.1. The molecule has 0 saturated heterocycles. The monoisotopic (exact) mass is 285 g/mol. The zero-order chi connectivity index (χ0) is 12.0. The van der Waals surface area contributed by atoms with Gasteiger partial charge in [-0.1, -0.05) is 15.9 Å². The summed E-state index contributed by atoms with van der Waals surface area (Å²) in [5, 5.41) is 11.4. The summed E-state index contributed by atoms with van der Waals surface area (Å²) in [4.78, 5) is 11.8. The first kappa shape index (κ1) is 13.2. The second-order valence-electron chi connectivity index (χ2n) is 3.65. The van der Waals surface area contributed by atoms with E-state index in [2.05, 4.69) is 21.2 Å². The maximum atomic E-state index is 11.8. The van der Waals surface area contributed by atoms with Crippen molar-refractivity contribution in [3.8, 4) is 0 Å². The van der Waals surface area contributed by atoms with Gasteiger partial charge in [0.2, 0.25) is 0 Å². The Morgan fingerprint density at radius 1 is 1.44 bits per heavy atom. The molecule has 2 N–H and O–H groups in total. The Balaban J connectivity index is 2.53. The molecule has 16 heavy (non-hydrogen) atoms. The smallest absolute Gasteiger partial charge is 0.251 e. The number of hydrogen-bond acceptors (Lipinski definition) is 2. The van der Waals surface area contributed by atoms with Crippen LogP contribution in [0.15, 0.2) is 22.7 Å². The molecule has 1 aromatic rings. The lowest BCUT2D eigenvalue weighted by Crippen LogP contribution is -2.25. The van der Waals surface area contributed by atoms with Gasteiger partial charge in [-0.25, -0.2) is 0 Å². The molecule has 0 unspecified atom stereocenters. The van der Waals surface area contributed by atoms with Crippen molar-refractivity contribution in [3.05, 3.63) is 33.8 Å². The zero-order valence-electron chi connectivity index (χ0n) is 9.29. The third-order valence-electron chi connectivity index (χ3n) is 2.30. The Hall–Kier alpha value is -0.870. The molecule has 1 rings (SSSR count). The third kappa shape index (κ3) is 3.94. The number of hydrogen-bond donors (Lipinski definition) is 2. The predicted molar refractivity (Wildman–Crippen MR) is 67.5 cm³/mol. The maximum absolute atomic E-state index is 11.8. The molecule has 4 heteroatoms. The van der Waals surface area contributed by atoms with Gasteiger partial charge in [-0.15, -0.1) is 0 Å². The summed E-state index contributed by atoms with van der Waals surface area (Å²) in [7, 11) is 0. The van der Waals surface area contributed by atoms with Crippen LogP contribution in [0.3, 0.4) is 0 Å². The molecule has 0 aromatic heterocycles. The van der Waals surface area contributed by atoms with Crippen LogP contribution in [0.25, 0.3) is 0 Å². The lowest BCUT2D eigenvalue weighted by molar-refractivity contribution is 0.0951. The van der Waals surface area contributed by atoms with E-state index in [1.807, 2.05) is 19.1 Å². The molecule has 0 heterocycles. The zero-order valence-corrected chi connectivity index (χ0v) is 10.9. The van der Waals surface area contributed by atoms with Crippen molar-refractivity contribution in [3.63, 3.8) is 0 Å². The molecule has 0 bridgehead atoms. The highest BCUT2D eigenvalue weighted by Gasteiger charge is 2.07. The van der Waals surface area contributed by atoms with Gasteiger partial charge in [-0.05, 0) is 43.5 Å². The van der Waals surface area contributed by atoms with Gasteiger partial charge in [0.05, 0.1) is 0 Å². The standard InChI is InChI=1S/C12H16BrNO2/c1-9-8-10(13)4-5-11(9)12(16)14-6-2-3-7-15/h4-5,8,15H,2-3,6-7H2,1H3,(H,14,16). The normalized spacial score (nSPS) is 10.2.